The van der Waals surface area contributed by atoms with E-state index in [4.69, 9.17) is 14.3 Å². The second-order valence-electron chi connectivity index (χ2n) is 7.72. The van der Waals surface area contributed by atoms with Crippen molar-refractivity contribution >= 4 is 11.9 Å². The molecule has 1 aromatic heterocycles. The molecule has 3 unspecified atom stereocenters. The lowest BCUT2D eigenvalue weighted by atomic mass is 9.91. The summed E-state index contributed by atoms with van der Waals surface area (Å²) in [7, 11) is 2.14. The molecule has 0 spiro atoms. The maximum absolute atomic E-state index is 6.41. The Labute approximate surface area is 159 Å². The Morgan fingerprint density at radius 3 is 2.81 bits per heavy atom. The molecule has 6 heteroatoms. The molecule has 140 valence electrons. The topological polar surface area (TPSA) is 54.1 Å². The molecule has 0 fully saturated rings. The second-order valence-corrected chi connectivity index (χ2v) is 7.72. The van der Waals surface area contributed by atoms with Crippen molar-refractivity contribution in [1.29, 1.82) is 0 Å². The molecule has 4 heterocycles. The highest BCUT2D eigenvalue weighted by Crippen LogP contribution is 2.50. The van der Waals surface area contributed by atoms with Crippen LogP contribution in [-0.4, -0.2) is 42.1 Å². The van der Waals surface area contributed by atoms with Gasteiger partial charge < -0.3 is 9.26 Å². The van der Waals surface area contributed by atoms with Crippen molar-refractivity contribution in [3.8, 4) is 16.9 Å². The number of anilines is 1. The number of rotatable bonds is 2. The Morgan fingerprint density at radius 1 is 1.22 bits per heavy atom. The fourth-order valence-electron chi connectivity index (χ4n) is 4.67. The van der Waals surface area contributed by atoms with Gasteiger partial charge in [0.1, 0.15) is 24.1 Å². The van der Waals surface area contributed by atoms with Gasteiger partial charge in [0.25, 0.3) is 0 Å². The maximum Gasteiger partial charge on any atom is 0.152 e. The molecule has 0 N–H and O–H groups in total. The predicted octanol–water partition coefficient (Wildman–Crippen LogP) is 3.53. The minimum absolute atomic E-state index is 0.180. The third kappa shape index (κ3) is 2.36. The number of aliphatic imine (C=N–C) groups is 1. The van der Waals surface area contributed by atoms with Crippen molar-refractivity contribution in [3.63, 3.8) is 0 Å². The minimum atomic E-state index is 0.180. The van der Waals surface area contributed by atoms with Crippen LogP contribution >= 0.6 is 0 Å². The molecule has 5 rings (SSSR count). The number of dihydropyridines is 1. The van der Waals surface area contributed by atoms with Crippen LogP contribution in [0.15, 0.2) is 33.8 Å². The van der Waals surface area contributed by atoms with Gasteiger partial charge in [-0.1, -0.05) is 24.2 Å². The van der Waals surface area contributed by atoms with Gasteiger partial charge in [0.2, 0.25) is 0 Å². The van der Waals surface area contributed by atoms with Gasteiger partial charge in [-0.05, 0) is 37.5 Å². The molecule has 2 aromatic rings. The number of aromatic nitrogens is 1. The summed E-state index contributed by atoms with van der Waals surface area (Å²) in [6.07, 6.45) is 6.18. The Morgan fingerprint density at radius 2 is 2.07 bits per heavy atom. The van der Waals surface area contributed by atoms with Crippen molar-refractivity contribution in [2.24, 2.45) is 10.9 Å². The molecule has 0 amide bonds. The van der Waals surface area contributed by atoms with E-state index in [1.165, 1.54) is 11.3 Å². The van der Waals surface area contributed by atoms with Crippen LogP contribution in [0.3, 0.4) is 0 Å². The first-order chi connectivity index (χ1) is 13.1. The van der Waals surface area contributed by atoms with Crippen LogP contribution < -0.4 is 9.75 Å². The summed E-state index contributed by atoms with van der Waals surface area (Å²) < 4.78 is 11.8. The summed E-state index contributed by atoms with van der Waals surface area (Å²) >= 11 is 0. The lowest BCUT2D eigenvalue weighted by Crippen LogP contribution is -2.55. The molecule has 0 bridgehead atoms. The van der Waals surface area contributed by atoms with Crippen LogP contribution in [0, 0.1) is 19.8 Å². The number of ether oxygens (including phenoxy) is 1. The largest absolute Gasteiger partial charge is 0.488 e. The number of hydrogen-bond acceptors (Lipinski definition) is 6. The van der Waals surface area contributed by atoms with Gasteiger partial charge in [-0.3, -0.25) is 10.0 Å². The van der Waals surface area contributed by atoms with E-state index in [-0.39, 0.29) is 12.1 Å². The first-order valence-electron chi connectivity index (χ1n) is 9.48. The van der Waals surface area contributed by atoms with Crippen molar-refractivity contribution in [2.45, 2.75) is 39.4 Å². The number of allylic oxidation sites excluding steroid dienone is 1. The Hall–Kier alpha value is -2.60. The van der Waals surface area contributed by atoms with E-state index >= 15 is 0 Å². The predicted molar refractivity (Wildman–Crippen MR) is 105 cm³/mol. The summed E-state index contributed by atoms with van der Waals surface area (Å²) in [6.45, 7) is 7.65. The van der Waals surface area contributed by atoms with Crippen molar-refractivity contribution < 1.29 is 9.26 Å². The summed E-state index contributed by atoms with van der Waals surface area (Å²) in [5.41, 5.74) is 5.44. The second kappa shape index (κ2) is 5.96. The lowest BCUT2D eigenvalue weighted by molar-refractivity contribution is 0.174. The molecule has 0 saturated heterocycles. The van der Waals surface area contributed by atoms with E-state index in [2.05, 4.69) is 47.4 Å². The first kappa shape index (κ1) is 16.6. The quantitative estimate of drug-likeness (QED) is 0.816. The zero-order valence-corrected chi connectivity index (χ0v) is 16.1. The van der Waals surface area contributed by atoms with Crippen LogP contribution in [0.2, 0.25) is 0 Å². The highest BCUT2D eigenvalue weighted by Gasteiger charge is 2.43. The zero-order valence-electron chi connectivity index (χ0n) is 16.1. The van der Waals surface area contributed by atoms with Gasteiger partial charge in [0.05, 0.1) is 17.3 Å². The summed E-state index contributed by atoms with van der Waals surface area (Å²) in [4.78, 5) is 4.78. The first-order valence-corrected chi connectivity index (χ1v) is 9.48. The molecule has 3 aliphatic rings. The molecule has 6 nitrogen and oxygen atoms in total. The van der Waals surface area contributed by atoms with E-state index in [9.17, 15) is 0 Å². The van der Waals surface area contributed by atoms with E-state index in [1.54, 1.807) is 0 Å². The van der Waals surface area contributed by atoms with E-state index < -0.39 is 0 Å². The van der Waals surface area contributed by atoms with E-state index in [0.717, 1.165) is 34.9 Å². The number of nitrogens with zero attached hydrogens (tertiary/aromatic N) is 4. The third-order valence-corrected chi connectivity index (χ3v) is 5.92. The van der Waals surface area contributed by atoms with Crippen molar-refractivity contribution in [3.05, 3.63) is 41.3 Å². The zero-order chi connectivity index (χ0) is 18.7. The number of benzene rings is 1. The lowest BCUT2D eigenvalue weighted by Gasteiger charge is -2.43. The molecule has 0 aliphatic carbocycles. The van der Waals surface area contributed by atoms with Crippen LogP contribution in [0.4, 0.5) is 5.69 Å². The van der Waals surface area contributed by atoms with Crippen LogP contribution in [0.5, 0.6) is 5.75 Å². The normalized spacial score (nSPS) is 26.4. The number of hydrazine groups is 1. The molecule has 3 atom stereocenters. The monoisotopic (exact) mass is 364 g/mol. The van der Waals surface area contributed by atoms with Crippen LogP contribution in [-0.2, 0) is 6.54 Å². The highest BCUT2D eigenvalue weighted by molar-refractivity contribution is 5.84. The molecule has 0 radical (unpaired) electrons. The summed E-state index contributed by atoms with van der Waals surface area (Å²) in [6, 6.07) is 4.71. The molecule has 3 aliphatic heterocycles. The molecular weight excluding hydrogens is 340 g/mol. The number of hydrogen-bond donors (Lipinski definition) is 0. The number of aryl methyl sites for hydroxylation is 2. The smallest absolute Gasteiger partial charge is 0.152 e. The molecule has 1 aromatic carbocycles. The Balaban J connectivity index is 1.63. The van der Waals surface area contributed by atoms with Crippen LogP contribution in [0.1, 0.15) is 23.9 Å². The Kier molecular flexibility index (Phi) is 3.65. The van der Waals surface area contributed by atoms with Gasteiger partial charge in [0.15, 0.2) is 5.75 Å². The molecule has 27 heavy (non-hydrogen) atoms. The Bertz CT molecular complexity index is 942. The van der Waals surface area contributed by atoms with Gasteiger partial charge in [-0.25, -0.2) is 5.01 Å². The van der Waals surface area contributed by atoms with Gasteiger partial charge in [-0.15, -0.1) is 0 Å². The van der Waals surface area contributed by atoms with E-state index in [0.29, 0.717) is 12.5 Å². The fourth-order valence-corrected chi connectivity index (χ4v) is 4.67. The summed E-state index contributed by atoms with van der Waals surface area (Å²) in [5, 5.41) is 8.82. The maximum atomic E-state index is 6.41. The van der Waals surface area contributed by atoms with Gasteiger partial charge in [-0.2, -0.15) is 0 Å². The fraction of sp³-hybridized carbons (Fsp3) is 0.429. The van der Waals surface area contributed by atoms with Crippen molar-refractivity contribution in [1.82, 2.24) is 10.2 Å². The summed E-state index contributed by atoms with van der Waals surface area (Å²) in [5.74, 6) is 2.14. The standard InChI is InChI=1S/C21H24N4O2/c1-12-6-5-9-22-19(12)17-11-26-21-16(18-13(2)23-27-14(18)3)8-7-15-10-24(4)25(17)20(15)21/h5-9,12,17,19H,10-11H2,1-4H3. The molecular formula is C21H24N4O2. The minimum Gasteiger partial charge on any atom is -0.488 e. The van der Waals surface area contributed by atoms with Crippen LogP contribution in [0.25, 0.3) is 11.1 Å². The average molecular weight is 364 g/mol. The molecule has 0 saturated carbocycles. The van der Waals surface area contributed by atoms with Gasteiger partial charge in [0, 0.05) is 25.4 Å². The SMILES string of the molecule is Cc1noc(C)c1-c1ccc2c3c1OCC(C1N=CC=CC1C)N3N(C)C2. The average Bonchev–Trinajstić information content (AvgIpc) is 3.17. The van der Waals surface area contributed by atoms with E-state index in [1.807, 2.05) is 26.1 Å². The van der Waals surface area contributed by atoms with Crippen molar-refractivity contribution in [2.75, 3.05) is 18.7 Å². The third-order valence-electron chi connectivity index (χ3n) is 5.92. The van der Waals surface area contributed by atoms with Gasteiger partial charge >= 0.3 is 0 Å². The highest BCUT2D eigenvalue weighted by atomic mass is 16.5.